The van der Waals surface area contributed by atoms with Crippen molar-refractivity contribution in [3.63, 3.8) is 0 Å². The number of anilines is 1. The van der Waals surface area contributed by atoms with Crippen LogP contribution in [-0.4, -0.2) is 68.8 Å². The monoisotopic (exact) mass is 575 g/mol. The van der Waals surface area contributed by atoms with Crippen LogP contribution in [0.4, 0.5) is 10.7 Å². The lowest BCUT2D eigenvalue weighted by molar-refractivity contribution is 0.0996. The standard InChI is InChI=1S/C29H37N9O4/c1-4-38-25(15-19(2)35-38)27(40)34-28-33-23-17-21(26(31)39)9-10-24(23)37(28)13-6-12-32-29(41)36(3)18-20-7-5-8-22(16-20)42-14-11-30/h5,7-10,15-17H,4,6,11-14,18,30H2,1-3H3,(H2,31,39)(H,32,41)(H,33,34,40). The summed E-state index contributed by atoms with van der Waals surface area (Å²) < 4.78 is 9.04. The number of fused-ring (bicyclic) bond motifs is 1. The van der Waals surface area contributed by atoms with Crippen LogP contribution in [0.2, 0.25) is 0 Å². The number of hydrogen-bond donors (Lipinski definition) is 4. The number of hydrogen-bond acceptors (Lipinski definition) is 7. The third-order valence-electron chi connectivity index (χ3n) is 6.58. The number of imidazole rings is 1. The molecule has 2 heterocycles. The van der Waals surface area contributed by atoms with Gasteiger partial charge >= 0.3 is 6.03 Å². The Hall–Kier alpha value is -4.91. The minimum Gasteiger partial charge on any atom is -0.492 e. The molecular formula is C29H37N9O4. The highest BCUT2D eigenvalue weighted by atomic mass is 16.5. The van der Waals surface area contributed by atoms with E-state index in [1.165, 1.54) is 0 Å². The van der Waals surface area contributed by atoms with Crippen LogP contribution in [0.25, 0.3) is 11.0 Å². The number of rotatable bonds is 13. The lowest BCUT2D eigenvalue weighted by Gasteiger charge is -2.19. The Bertz CT molecular complexity index is 1580. The number of nitrogens with one attached hydrogen (secondary N) is 2. The van der Waals surface area contributed by atoms with Gasteiger partial charge in [-0.1, -0.05) is 12.1 Å². The van der Waals surface area contributed by atoms with Gasteiger partial charge in [-0.2, -0.15) is 5.10 Å². The summed E-state index contributed by atoms with van der Waals surface area (Å²) in [6.45, 7) is 6.35. The number of urea groups is 1. The highest BCUT2D eigenvalue weighted by Crippen LogP contribution is 2.22. The van der Waals surface area contributed by atoms with Gasteiger partial charge in [0.15, 0.2) is 0 Å². The summed E-state index contributed by atoms with van der Waals surface area (Å²) in [5.41, 5.74) is 14.6. The molecule has 4 aromatic rings. The molecule has 0 atom stereocenters. The molecule has 0 unspecified atom stereocenters. The first-order valence-corrected chi connectivity index (χ1v) is 13.8. The van der Waals surface area contributed by atoms with E-state index in [1.54, 1.807) is 40.9 Å². The molecule has 0 radical (unpaired) electrons. The highest BCUT2D eigenvalue weighted by molar-refractivity contribution is 6.03. The van der Waals surface area contributed by atoms with Gasteiger partial charge in [-0.3, -0.25) is 19.6 Å². The van der Waals surface area contributed by atoms with E-state index in [0.717, 1.165) is 16.8 Å². The summed E-state index contributed by atoms with van der Waals surface area (Å²) >= 11 is 0. The van der Waals surface area contributed by atoms with Crippen LogP contribution in [0, 0.1) is 6.92 Å². The maximum atomic E-state index is 13.2. The second kappa shape index (κ2) is 13.6. The largest absolute Gasteiger partial charge is 0.492 e. The fourth-order valence-corrected chi connectivity index (χ4v) is 4.56. The van der Waals surface area contributed by atoms with Gasteiger partial charge in [0.05, 0.1) is 16.7 Å². The number of ether oxygens (including phenoxy) is 1. The first kappa shape index (κ1) is 30.1. The smallest absolute Gasteiger partial charge is 0.317 e. The molecule has 2 aromatic heterocycles. The molecule has 0 spiro atoms. The average Bonchev–Trinajstić information content (AvgIpc) is 3.52. The van der Waals surface area contributed by atoms with Crippen molar-refractivity contribution in [1.82, 2.24) is 29.5 Å². The molecule has 0 aliphatic heterocycles. The number of aryl methyl sites for hydroxylation is 3. The van der Waals surface area contributed by atoms with Crippen molar-refractivity contribution in [2.24, 2.45) is 11.5 Å². The quantitative estimate of drug-likeness (QED) is 0.177. The Morgan fingerprint density at radius 2 is 1.93 bits per heavy atom. The Morgan fingerprint density at radius 1 is 1.12 bits per heavy atom. The number of carbonyl (C=O) groups is 3. The van der Waals surface area contributed by atoms with Crippen LogP contribution >= 0.6 is 0 Å². The van der Waals surface area contributed by atoms with E-state index in [2.05, 4.69) is 20.7 Å². The van der Waals surface area contributed by atoms with E-state index < -0.39 is 5.91 Å². The van der Waals surface area contributed by atoms with Gasteiger partial charge in [0.1, 0.15) is 18.1 Å². The van der Waals surface area contributed by atoms with Crippen LogP contribution in [0.3, 0.4) is 0 Å². The van der Waals surface area contributed by atoms with Crippen LogP contribution < -0.4 is 26.8 Å². The molecule has 0 aliphatic carbocycles. The van der Waals surface area contributed by atoms with Crippen LogP contribution in [0.1, 0.15) is 45.4 Å². The number of primary amides is 1. The number of aromatic nitrogens is 4. The van der Waals surface area contributed by atoms with Crippen LogP contribution in [0.15, 0.2) is 48.5 Å². The molecule has 0 bridgehead atoms. The molecule has 4 rings (SSSR count). The summed E-state index contributed by atoms with van der Waals surface area (Å²) in [5.74, 6) is 0.107. The van der Waals surface area contributed by atoms with E-state index in [9.17, 15) is 14.4 Å². The summed E-state index contributed by atoms with van der Waals surface area (Å²) in [4.78, 5) is 43.8. The molecule has 4 amide bonds. The van der Waals surface area contributed by atoms with Crippen LogP contribution in [-0.2, 0) is 19.6 Å². The van der Waals surface area contributed by atoms with Crippen molar-refractivity contribution in [1.29, 1.82) is 0 Å². The molecular weight excluding hydrogens is 538 g/mol. The van der Waals surface area contributed by atoms with Crippen LogP contribution in [0.5, 0.6) is 5.75 Å². The van der Waals surface area contributed by atoms with Gasteiger partial charge < -0.3 is 31.0 Å². The fourth-order valence-electron chi connectivity index (χ4n) is 4.56. The SMILES string of the molecule is CCn1nc(C)cc1C(=O)Nc1nc2cc(C(N)=O)ccc2n1CCCNC(=O)N(C)Cc1cccc(OCCN)c1. The predicted octanol–water partition coefficient (Wildman–Crippen LogP) is 2.48. The van der Waals surface area contributed by atoms with Gasteiger partial charge in [-0.15, -0.1) is 0 Å². The second-order valence-electron chi connectivity index (χ2n) is 9.82. The van der Waals surface area contributed by atoms with E-state index in [0.29, 0.717) is 74.2 Å². The summed E-state index contributed by atoms with van der Waals surface area (Å²) in [6.07, 6.45) is 0.555. The molecule has 0 saturated carbocycles. The average molecular weight is 576 g/mol. The van der Waals surface area contributed by atoms with E-state index >= 15 is 0 Å². The summed E-state index contributed by atoms with van der Waals surface area (Å²) in [7, 11) is 1.72. The van der Waals surface area contributed by atoms with E-state index in [-0.39, 0.29) is 11.9 Å². The van der Waals surface area contributed by atoms with E-state index in [1.807, 2.05) is 42.7 Å². The van der Waals surface area contributed by atoms with Crippen molar-refractivity contribution in [3.8, 4) is 5.75 Å². The third-order valence-corrected chi connectivity index (χ3v) is 6.58. The highest BCUT2D eigenvalue weighted by Gasteiger charge is 2.19. The van der Waals surface area contributed by atoms with Gasteiger partial charge in [0.25, 0.3) is 5.91 Å². The van der Waals surface area contributed by atoms with E-state index in [4.69, 9.17) is 16.2 Å². The maximum absolute atomic E-state index is 13.2. The first-order chi connectivity index (χ1) is 20.2. The zero-order valence-corrected chi connectivity index (χ0v) is 24.1. The molecule has 0 fully saturated rings. The Kier molecular flexibility index (Phi) is 9.76. The second-order valence-corrected chi connectivity index (χ2v) is 9.82. The molecule has 13 nitrogen and oxygen atoms in total. The Morgan fingerprint density at radius 3 is 2.67 bits per heavy atom. The van der Waals surface area contributed by atoms with Crippen molar-refractivity contribution in [3.05, 3.63) is 71.0 Å². The topological polar surface area (TPSA) is 175 Å². The molecule has 6 N–H and O–H groups in total. The molecule has 13 heteroatoms. The zero-order chi connectivity index (χ0) is 30.2. The maximum Gasteiger partial charge on any atom is 0.317 e. The zero-order valence-electron chi connectivity index (χ0n) is 24.1. The number of amides is 4. The third kappa shape index (κ3) is 7.23. The predicted molar refractivity (Wildman–Crippen MR) is 159 cm³/mol. The summed E-state index contributed by atoms with van der Waals surface area (Å²) in [5, 5.41) is 10.2. The molecule has 42 heavy (non-hydrogen) atoms. The lowest BCUT2D eigenvalue weighted by Crippen LogP contribution is -2.37. The van der Waals surface area contributed by atoms with Crippen molar-refractivity contribution in [2.75, 3.05) is 32.1 Å². The first-order valence-electron chi connectivity index (χ1n) is 13.8. The lowest BCUT2D eigenvalue weighted by atomic mass is 10.2. The van der Waals surface area contributed by atoms with Gasteiger partial charge in [-0.05, 0) is 62.2 Å². The van der Waals surface area contributed by atoms with Gasteiger partial charge in [0.2, 0.25) is 11.9 Å². The molecule has 222 valence electrons. The minimum atomic E-state index is -0.569. The number of nitrogens with zero attached hydrogens (tertiary/aromatic N) is 5. The normalized spacial score (nSPS) is 11.0. The Balaban J connectivity index is 1.42. The molecule has 0 aliphatic rings. The number of carbonyl (C=O) groups excluding carboxylic acids is 3. The van der Waals surface area contributed by atoms with Crippen molar-refractivity contribution >= 4 is 34.8 Å². The van der Waals surface area contributed by atoms with Gasteiger partial charge in [-0.25, -0.2) is 9.78 Å². The fraction of sp³-hybridized carbons (Fsp3) is 0.345. The summed E-state index contributed by atoms with van der Waals surface area (Å²) in [6, 6.07) is 14.0. The Labute approximate surface area is 243 Å². The molecule has 2 aromatic carbocycles. The van der Waals surface area contributed by atoms with Crippen molar-refractivity contribution in [2.45, 2.75) is 39.9 Å². The minimum absolute atomic E-state index is 0.221. The molecule has 0 saturated heterocycles. The number of nitrogens with two attached hydrogens (primary N) is 2. The van der Waals surface area contributed by atoms with Crippen molar-refractivity contribution < 1.29 is 19.1 Å². The number of benzene rings is 2. The van der Waals surface area contributed by atoms with Gasteiger partial charge in [0, 0.05) is 45.3 Å².